The van der Waals surface area contributed by atoms with E-state index in [1.54, 1.807) is 54.6 Å². The summed E-state index contributed by atoms with van der Waals surface area (Å²) in [6.45, 7) is 7.91. The number of carbonyl (C=O) groups excluding carboxylic acids is 3. The number of rotatable bonds is 19. The number of aliphatic hydroxyl groups is 2. The lowest BCUT2D eigenvalue weighted by atomic mass is 9.88. The Morgan fingerprint density at radius 2 is 1.75 bits per heavy atom. The lowest BCUT2D eigenvalue weighted by molar-refractivity contribution is -0.142. The molecule has 4 aliphatic rings. The van der Waals surface area contributed by atoms with E-state index in [4.69, 9.17) is 25.2 Å². The van der Waals surface area contributed by atoms with E-state index in [0.29, 0.717) is 81.1 Å². The van der Waals surface area contributed by atoms with Crippen molar-refractivity contribution in [3.05, 3.63) is 114 Å². The van der Waals surface area contributed by atoms with Crippen LogP contribution in [-0.4, -0.2) is 152 Å². The molecule has 0 unspecified atom stereocenters. The minimum absolute atomic E-state index is 0.0192. The predicted octanol–water partition coefficient (Wildman–Crippen LogP) is 5.32. The van der Waals surface area contributed by atoms with Crippen molar-refractivity contribution in [1.82, 2.24) is 65.0 Å². The number of benzene rings is 4. The Bertz CT molecular complexity index is 3640. The highest BCUT2D eigenvalue weighted by Crippen LogP contribution is 2.53. The van der Waals surface area contributed by atoms with Crippen molar-refractivity contribution in [3.8, 4) is 39.8 Å². The number of carbonyl (C=O) groups is 3. The molecule has 7 heterocycles. The summed E-state index contributed by atoms with van der Waals surface area (Å²) in [5.74, 6) is -0.711. The van der Waals surface area contributed by atoms with Gasteiger partial charge in [-0.2, -0.15) is 20.2 Å². The van der Waals surface area contributed by atoms with Crippen LogP contribution >= 0.6 is 0 Å². The number of nitrogens with two attached hydrogens (primary N) is 1. The van der Waals surface area contributed by atoms with Crippen LogP contribution in [0.1, 0.15) is 86.2 Å². The van der Waals surface area contributed by atoms with Gasteiger partial charge < -0.3 is 45.4 Å². The number of likely N-dealkylation sites (tertiary alicyclic amines) is 2. The van der Waals surface area contributed by atoms with Gasteiger partial charge in [-0.3, -0.25) is 19.5 Å². The standard InChI is InChI=1S/C58H64FN15O7/c1-31(2)52(57(79)72-24-39(76)19-48(72)56(78)64-46(26-75)37-11-13-38(14-12-37)74-30-61-29-63-74)73-25-45(68-69-73)36-7-5-33(6-8-36)27-80-53-50(49-32(3)43(59)21-44-42(49)22-62-67-44)40(35-9-10-35)20-41-51(53)65-58(81-28-34-15-17-70(4)23-34)66-55(41)71-18-16-47(71)54(60)77/h5-8,11-14,20-22,25,29-31,34-35,39,46-48,52,75-76H,9-10,15-19,23-24,26-28H2,1-4H3,(H2,60,77)(H,62,67)(H,64,78)/t34-,39-,46+,47+,48+,52+/m1/s1. The number of nitrogens with one attached hydrogen (secondary N) is 2. The van der Waals surface area contributed by atoms with Crippen molar-refractivity contribution in [3.63, 3.8) is 0 Å². The number of aliphatic hydroxyl groups excluding tert-OH is 2. The van der Waals surface area contributed by atoms with Crippen molar-refractivity contribution in [2.45, 2.75) is 95.7 Å². The molecule has 0 radical (unpaired) electrons. The van der Waals surface area contributed by atoms with Crippen LogP contribution in [0.25, 0.3) is 49.9 Å². The van der Waals surface area contributed by atoms with Gasteiger partial charge in [-0.25, -0.2) is 18.7 Å². The molecule has 23 heteroatoms. The maximum atomic E-state index is 16.1. The summed E-state index contributed by atoms with van der Waals surface area (Å²) in [7, 11) is 2.09. The van der Waals surface area contributed by atoms with E-state index in [0.717, 1.165) is 54.6 Å². The molecule has 22 nitrogen and oxygen atoms in total. The molecule has 4 fully saturated rings. The number of hydrogen-bond donors (Lipinski definition) is 5. The number of primary amides is 1. The van der Waals surface area contributed by atoms with Gasteiger partial charge in [0.15, 0.2) is 5.75 Å². The molecular formula is C58H64FN15O7. The van der Waals surface area contributed by atoms with Gasteiger partial charge in [0, 0.05) is 59.4 Å². The van der Waals surface area contributed by atoms with Crippen LogP contribution < -0.4 is 25.4 Å². The van der Waals surface area contributed by atoms with Crippen molar-refractivity contribution in [2.24, 2.45) is 17.6 Å². The molecule has 4 aromatic heterocycles. The number of amides is 3. The normalized spacial score (nSPS) is 20.0. The molecule has 3 saturated heterocycles. The smallest absolute Gasteiger partial charge is 0.319 e. The number of H-pyrrole nitrogens is 1. The van der Waals surface area contributed by atoms with Crippen molar-refractivity contribution in [2.75, 3.05) is 51.3 Å². The lowest BCUT2D eigenvalue weighted by Crippen LogP contribution is -2.55. The Hall–Kier alpha value is -8.41. The summed E-state index contributed by atoms with van der Waals surface area (Å²) in [6.07, 6.45) is 8.83. The lowest BCUT2D eigenvalue weighted by Gasteiger charge is -2.40. The summed E-state index contributed by atoms with van der Waals surface area (Å²) in [5, 5.41) is 45.9. The second-order valence-electron chi connectivity index (χ2n) is 22.3. The quantitative estimate of drug-likeness (QED) is 0.0686. The highest BCUT2D eigenvalue weighted by atomic mass is 19.1. The number of fused-ring (bicyclic) bond motifs is 2. The fourth-order valence-corrected chi connectivity index (χ4v) is 11.7. The Labute approximate surface area is 465 Å². The Morgan fingerprint density at radius 1 is 0.951 bits per heavy atom. The first-order valence-electron chi connectivity index (χ1n) is 27.6. The summed E-state index contributed by atoms with van der Waals surface area (Å²) >= 11 is 0. The van der Waals surface area contributed by atoms with E-state index >= 15 is 4.39 Å². The van der Waals surface area contributed by atoms with E-state index in [-0.39, 0.29) is 43.3 Å². The van der Waals surface area contributed by atoms with Crippen molar-refractivity contribution in [1.29, 1.82) is 0 Å². The van der Waals surface area contributed by atoms with Gasteiger partial charge in [0.1, 0.15) is 60.2 Å². The third-order valence-corrected chi connectivity index (χ3v) is 16.4. The van der Waals surface area contributed by atoms with Crippen LogP contribution in [0.4, 0.5) is 10.2 Å². The number of halogens is 1. The molecule has 3 amide bonds. The van der Waals surface area contributed by atoms with E-state index < -0.39 is 60.4 Å². The number of aromatic nitrogens is 10. The van der Waals surface area contributed by atoms with Gasteiger partial charge in [-0.05, 0) is 105 Å². The minimum Gasteiger partial charge on any atom is -0.486 e. The van der Waals surface area contributed by atoms with Gasteiger partial charge in [-0.15, -0.1) is 5.10 Å². The molecule has 81 heavy (non-hydrogen) atoms. The molecule has 8 aromatic rings. The van der Waals surface area contributed by atoms with E-state index in [1.165, 1.54) is 22.0 Å². The zero-order chi connectivity index (χ0) is 56.2. The zero-order valence-electron chi connectivity index (χ0n) is 45.4. The molecule has 0 bridgehead atoms. The average molecular weight is 1100 g/mol. The zero-order valence-corrected chi connectivity index (χ0v) is 45.4. The van der Waals surface area contributed by atoms with E-state index in [9.17, 15) is 24.6 Å². The predicted molar refractivity (Wildman–Crippen MR) is 296 cm³/mol. The van der Waals surface area contributed by atoms with Crippen LogP contribution in [0.15, 0.2) is 85.7 Å². The molecule has 6 N–H and O–H groups in total. The maximum absolute atomic E-state index is 16.1. The Balaban J connectivity index is 0.830. The molecule has 0 spiro atoms. The van der Waals surface area contributed by atoms with Gasteiger partial charge in [0.05, 0.1) is 49.0 Å². The number of hydrogen-bond acceptors (Lipinski definition) is 16. The van der Waals surface area contributed by atoms with Gasteiger partial charge in [0.25, 0.3) is 0 Å². The fourth-order valence-electron chi connectivity index (χ4n) is 11.7. The van der Waals surface area contributed by atoms with Crippen LogP contribution in [-0.2, 0) is 21.0 Å². The van der Waals surface area contributed by atoms with Crippen LogP contribution in [0.3, 0.4) is 0 Å². The first kappa shape index (κ1) is 53.2. The number of anilines is 1. The Kier molecular flexibility index (Phi) is 14.4. The second-order valence-corrected chi connectivity index (χ2v) is 22.3. The highest BCUT2D eigenvalue weighted by Gasteiger charge is 2.44. The van der Waals surface area contributed by atoms with Crippen molar-refractivity contribution < 1.29 is 38.5 Å². The first-order chi connectivity index (χ1) is 39.2. The van der Waals surface area contributed by atoms with E-state index in [1.807, 2.05) is 43.0 Å². The summed E-state index contributed by atoms with van der Waals surface area (Å²) < 4.78 is 32.7. The first-order valence-corrected chi connectivity index (χ1v) is 27.6. The van der Waals surface area contributed by atoms with Crippen LogP contribution in [0.5, 0.6) is 11.8 Å². The summed E-state index contributed by atoms with van der Waals surface area (Å²) in [6, 6.07) is 15.2. The fraction of sp³-hybridized carbons (Fsp3) is 0.414. The highest BCUT2D eigenvalue weighted by molar-refractivity contribution is 6.06. The topological polar surface area (TPSA) is 274 Å². The number of β-amino-alcohol motifs (C(OH)–C–C–N with tert-alkyl or cyclic N) is 1. The van der Waals surface area contributed by atoms with Gasteiger partial charge in [0.2, 0.25) is 17.7 Å². The van der Waals surface area contributed by atoms with E-state index in [2.05, 4.69) is 53.9 Å². The maximum Gasteiger partial charge on any atom is 0.319 e. The second kappa shape index (κ2) is 21.9. The molecule has 1 aliphatic carbocycles. The molecule has 3 aliphatic heterocycles. The largest absolute Gasteiger partial charge is 0.486 e. The average Bonchev–Trinajstić information content (AvgIpc) is 4.17. The third-order valence-electron chi connectivity index (χ3n) is 16.4. The molecule has 6 atom stereocenters. The van der Waals surface area contributed by atoms with Gasteiger partial charge >= 0.3 is 6.01 Å². The summed E-state index contributed by atoms with van der Waals surface area (Å²) in [5.41, 5.74) is 13.1. The minimum atomic E-state index is -1.01. The van der Waals surface area contributed by atoms with Gasteiger partial charge in [-0.1, -0.05) is 55.5 Å². The molecule has 1 saturated carbocycles. The molecule has 12 rings (SSSR count). The molecule has 4 aromatic carbocycles. The number of ether oxygens (including phenoxy) is 2. The summed E-state index contributed by atoms with van der Waals surface area (Å²) in [4.78, 5) is 61.0. The SMILES string of the molecule is Cc1c(F)cc2[nH]ncc2c1-c1c(C2CC2)cc2c(N3CC[C@H]3C(N)=O)nc(OC[C@@H]3CCN(C)C3)nc2c1OCc1ccc(-c2cn([C@H](C(=O)N3C[C@H](O)C[C@H]3C(=O)N[C@@H](CO)c3ccc(-n4cncn4)cc3)C(C)C)nn2)cc1. The third kappa shape index (κ3) is 10.4. The van der Waals surface area contributed by atoms with Crippen molar-refractivity contribution >= 4 is 45.3 Å². The molecular weight excluding hydrogens is 1040 g/mol. The van der Waals surface area contributed by atoms with Crippen LogP contribution in [0.2, 0.25) is 0 Å². The monoisotopic (exact) mass is 1100 g/mol. The number of nitrogens with zero attached hydrogens (tertiary/aromatic N) is 12. The Morgan fingerprint density at radius 3 is 2.43 bits per heavy atom. The number of aromatic amines is 1. The van der Waals surface area contributed by atoms with Crippen LogP contribution in [0, 0.1) is 24.6 Å². The molecule has 420 valence electrons.